The highest BCUT2D eigenvalue weighted by Gasteiger charge is 2.27. The third-order valence-corrected chi connectivity index (χ3v) is 10.9. The van der Waals surface area contributed by atoms with Crippen LogP contribution in [0.1, 0.15) is 72.9 Å². The number of nitrogens with two attached hydrogens (primary N) is 1. The Labute approximate surface area is 256 Å². The van der Waals surface area contributed by atoms with Gasteiger partial charge in [-0.05, 0) is 73.0 Å². The molecule has 2 aromatic rings. The molecule has 0 heterocycles. The van der Waals surface area contributed by atoms with Crippen LogP contribution in [0.25, 0.3) is 11.1 Å². The number of rotatable bonds is 16. The summed E-state index contributed by atoms with van der Waals surface area (Å²) >= 11 is 0. The highest BCUT2D eigenvalue weighted by molar-refractivity contribution is 7.90. The van der Waals surface area contributed by atoms with E-state index in [1.807, 2.05) is 31.2 Å². The van der Waals surface area contributed by atoms with Crippen molar-refractivity contribution in [3.8, 4) is 11.1 Å². The molecule has 238 valence electrons. The van der Waals surface area contributed by atoms with Crippen LogP contribution in [-0.4, -0.2) is 75.0 Å². The number of aliphatic carboxylic acids is 1. The third-order valence-electron chi connectivity index (χ3n) is 8.01. The summed E-state index contributed by atoms with van der Waals surface area (Å²) in [4.78, 5) is 25.3. The van der Waals surface area contributed by atoms with Crippen LogP contribution in [0.5, 0.6) is 0 Å². The molecule has 3 rings (SSSR count). The van der Waals surface area contributed by atoms with Gasteiger partial charge in [0.15, 0.2) is 0 Å². The largest absolute Gasteiger partial charge is 0.480 e. The molecule has 1 aliphatic rings. The Hall–Kier alpha value is -2.80. The van der Waals surface area contributed by atoms with Crippen molar-refractivity contribution in [2.24, 2.45) is 11.7 Å². The minimum Gasteiger partial charge on any atom is -0.480 e. The molecule has 0 aromatic heterocycles. The number of carbonyl (C=O) groups is 2. The first-order chi connectivity index (χ1) is 20.3. The number of amides is 1. The van der Waals surface area contributed by atoms with Crippen LogP contribution in [0, 0.1) is 12.8 Å². The molecule has 43 heavy (non-hydrogen) atoms. The Kier molecular flexibility index (Phi) is 12.7. The van der Waals surface area contributed by atoms with Crippen LogP contribution in [-0.2, 0) is 31.2 Å². The maximum atomic E-state index is 13.4. The quantitative estimate of drug-likeness (QED) is 0.251. The van der Waals surface area contributed by atoms with Gasteiger partial charge in [0.2, 0.25) is 10.0 Å². The predicted octanol–water partition coefficient (Wildman–Crippen LogP) is 3.73. The number of hydrogen-bond acceptors (Lipinski definition) is 7. The monoisotopic (exact) mass is 635 g/mol. The van der Waals surface area contributed by atoms with E-state index >= 15 is 0 Å². The van der Waals surface area contributed by atoms with Crippen LogP contribution >= 0.6 is 0 Å². The lowest BCUT2D eigenvalue weighted by Gasteiger charge is -2.27. The van der Waals surface area contributed by atoms with E-state index in [2.05, 4.69) is 5.32 Å². The van der Waals surface area contributed by atoms with Gasteiger partial charge < -0.3 is 16.2 Å². The van der Waals surface area contributed by atoms with E-state index in [0.29, 0.717) is 30.0 Å². The van der Waals surface area contributed by atoms with Gasteiger partial charge in [-0.25, -0.2) is 21.6 Å². The smallest absolute Gasteiger partial charge is 0.326 e. The molecule has 2 aromatic carbocycles. The summed E-state index contributed by atoms with van der Waals surface area (Å²) in [6.07, 6.45) is 7.68. The normalized spacial score (nSPS) is 15.3. The number of carboxylic acids is 1. The Bertz CT molecular complexity index is 1470. The molecule has 0 bridgehead atoms. The molecule has 1 atom stereocenters. The predicted molar refractivity (Wildman–Crippen MR) is 169 cm³/mol. The third kappa shape index (κ3) is 10.7. The summed E-state index contributed by atoms with van der Waals surface area (Å²) in [6.45, 7) is 2.70. The first kappa shape index (κ1) is 34.7. The van der Waals surface area contributed by atoms with Gasteiger partial charge in [-0.3, -0.25) is 4.79 Å². The molecular formula is C31H45N3O7S2. The van der Waals surface area contributed by atoms with Gasteiger partial charge in [0.25, 0.3) is 5.91 Å². The molecule has 10 nitrogen and oxygen atoms in total. The number of nitrogens with zero attached hydrogens (tertiary/aromatic N) is 1. The zero-order valence-corrected chi connectivity index (χ0v) is 26.8. The first-order valence-corrected chi connectivity index (χ1v) is 18.6. The van der Waals surface area contributed by atoms with Crippen LogP contribution in [0.2, 0.25) is 0 Å². The van der Waals surface area contributed by atoms with E-state index in [1.165, 1.54) is 23.6 Å². The number of sulfone groups is 1. The van der Waals surface area contributed by atoms with Gasteiger partial charge >= 0.3 is 5.97 Å². The van der Waals surface area contributed by atoms with Crippen molar-refractivity contribution >= 4 is 31.7 Å². The number of benzene rings is 2. The maximum absolute atomic E-state index is 13.4. The van der Waals surface area contributed by atoms with Crippen LogP contribution < -0.4 is 11.1 Å². The van der Waals surface area contributed by atoms with Crippen molar-refractivity contribution in [1.82, 2.24) is 9.62 Å². The van der Waals surface area contributed by atoms with Crippen LogP contribution in [0.4, 0.5) is 0 Å². The number of sulfonamides is 1. The van der Waals surface area contributed by atoms with Gasteiger partial charge in [0.05, 0.1) is 11.5 Å². The highest BCUT2D eigenvalue weighted by atomic mass is 32.2. The molecule has 0 unspecified atom stereocenters. The molecule has 1 aliphatic carbocycles. The number of carboxylic acid groups (broad SMARTS) is 1. The molecule has 4 N–H and O–H groups in total. The fourth-order valence-electron chi connectivity index (χ4n) is 5.53. The first-order valence-electron chi connectivity index (χ1n) is 14.9. The second-order valence-electron chi connectivity index (χ2n) is 11.6. The lowest BCUT2D eigenvalue weighted by molar-refractivity contribution is -0.139. The molecule has 12 heteroatoms. The zero-order valence-electron chi connectivity index (χ0n) is 25.1. The number of aryl methyl sites for hydroxylation is 1. The molecule has 0 spiro atoms. The van der Waals surface area contributed by atoms with Crippen molar-refractivity contribution in [1.29, 1.82) is 0 Å². The van der Waals surface area contributed by atoms with E-state index in [4.69, 9.17) is 5.73 Å². The molecule has 1 saturated carbocycles. The lowest BCUT2D eigenvalue weighted by atomic mass is 9.87. The second kappa shape index (κ2) is 15.8. The summed E-state index contributed by atoms with van der Waals surface area (Å²) in [7, 11) is -7.01. The average Bonchev–Trinajstić information content (AvgIpc) is 2.96. The Morgan fingerprint density at radius 1 is 1.02 bits per heavy atom. The molecular weight excluding hydrogens is 590 g/mol. The Balaban J connectivity index is 1.95. The maximum Gasteiger partial charge on any atom is 0.326 e. The van der Waals surface area contributed by atoms with Crippen molar-refractivity contribution < 1.29 is 31.5 Å². The molecule has 1 amide bonds. The summed E-state index contributed by atoms with van der Waals surface area (Å²) in [5.74, 6) is -1.91. The summed E-state index contributed by atoms with van der Waals surface area (Å²) in [6, 6.07) is 11.1. The van der Waals surface area contributed by atoms with E-state index in [-0.39, 0.29) is 36.6 Å². The minimum absolute atomic E-state index is 0.0383. The van der Waals surface area contributed by atoms with E-state index in [9.17, 15) is 31.5 Å². The topological polar surface area (TPSA) is 164 Å². The summed E-state index contributed by atoms with van der Waals surface area (Å²) in [5, 5.41) is 12.1. The van der Waals surface area contributed by atoms with E-state index < -0.39 is 37.8 Å². The van der Waals surface area contributed by atoms with Gasteiger partial charge in [-0.1, -0.05) is 62.4 Å². The number of nitrogens with one attached hydrogen (secondary N) is 1. The van der Waals surface area contributed by atoms with Crippen molar-refractivity contribution in [2.75, 3.05) is 30.9 Å². The summed E-state index contributed by atoms with van der Waals surface area (Å²) in [5.41, 5.74) is 8.70. The van der Waals surface area contributed by atoms with Crippen LogP contribution in [0.15, 0.2) is 42.5 Å². The molecule has 0 radical (unpaired) electrons. The number of hydrogen-bond donors (Lipinski definition) is 3. The SMILES string of the molecule is Cc1ccccc1-c1cc(CN(CCC2CCCCC2)S(=O)(=O)CCCN)ccc1C(=O)N[C@@H](CCS(C)(=O)=O)C(=O)O. The van der Waals surface area contributed by atoms with Crippen molar-refractivity contribution in [3.63, 3.8) is 0 Å². The van der Waals surface area contributed by atoms with E-state index in [1.54, 1.807) is 18.2 Å². The Morgan fingerprint density at radius 3 is 2.35 bits per heavy atom. The molecule has 1 fully saturated rings. The van der Waals surface area contributed by atoms with Crippen molar-refractivity contribution in [2.45, 2.75) is 70.9 Å². The Morgan fingerprint density at radius 2 is 1.72 bits per heavy atom. The minimum atomic E-state index is -3.58. The lowest BCUT2D eigenvalue weighted by Crippen LogP contribution is -2.42. The van der Waals surface area contributed by atoms with Gasteiger partial charge in [-0.15, -0.1) is 0 Å². The standard InChI is InChI=1S/C31H45N3O7S2/c1-23-9-6-7-12-26(23)28-21-25(13-14-27(28)30(35)33-29(31(36)37)16-20-42(2,38)39)22-34(43(40,41)19-8-17-32)18-15-24-10-4-3-5-11-24/h6-7,9,12-14,21,24,29H,3-5,8,10-11,15-20,22,32H2,1-2H3,(H,33,35)(H,36,37)/t29-/m0/s1. The molecule has 0 saturated heterocycles. The second-order valence-corrected chi connectivity index (χ2v) is 15.9. The van der Waals surface area contributed by atoms with Crippen LogP contribution in [0.3, 0.4) is 0 Å². The molecule has 0 aliphatic heterocycles. The van der Waals surface area contributed by atoms with E-state index in [0.717, 1.165) is 36.6 Å². The highest BCUT2D eigenvalue weighted by Crippen LogP contribution is 2.30. The fourth-order valence-corrected chi connectivity index (χ4v) is 7.71. The van der Waals surface area contributed by atoms with Gasteiger partial charge in [0.1, 0.15) is 15.9 Å². The average molecular weight is 636 g/mol. The zero-order chi connectivity index (χ0) is 31.6. The fraction of sp³-hybridized carbons (Fsp3) is 0.548. The number of carbonyl (C=O) groups excluding carboxylic acids is 1. The van der Waals surface area contributed by atoms with Crippen molar-refractivity contribution in [3.05, 3.63) is 59.2 Å². The van der Waals surface area contributed by atoms with Gasteiger partial charge in [0, 0.05) is 24.9 Å². The summed E-state index contributed by atoms with van der Waals surface area (Å²) < 4.78 is 51.5. The van der Waals surface area contributed by atoms with Gasteiger partial charge in [-0.2, -0.15) is 4.31 Å².